The molecule has 5 rings (SSSR count). The Morgan fingerprint density at radius 2 is 1.67 bits per heavy atom. The van der Waals surface area contributed by atoms with Crippen LogP contribution in [0.4, 0.5) is 0 Å². The van der Waals surface area contributed by atoms with Crippen LogP contribution in [0.15, 0.2) is 71.8 Å². The van der Waals surface area contributed by atoms with Crippen molar-refractivity contribution < 1.29 is 14.2 Å². The summed E-state index contributed by atoms with van der Waals surface area (Å²) in [6.45, 7) is 0. The number of rotatable bonds is 4. The van der Waals surface area contributed by atoms with E-state index in [0.717, 1.165) is 46.1 Å². The lowest BCUT2D eigenvalue weighted by Crippen LogP contribution is -2.33. The highest BCUT2D eigenvalue weighted by molar-refractivity contribution is 6.31. The summed E-state index contributed by atoms with van der Waals surface area (Å²) in [4.78, 5) is 0. The number of hydrazone groups is 1. The molecule has 3 aromatic carbocycles. The Bertz CT molecular complexity index is 1110. The van der Waals surface area contributed by atoms with Gasteiger partial charge in [-0.1, -0.05) is 29.8 Å². The van der Waals surface area contributed by atoms with Crippen LogP contribution < -0.4 is 14.2 Å². The van der Waals surface area contributed by atoms with E-state index in [1.165, 1.54) is 0 Å². The van der Waals surface area contributed by atoms with Crippen LogP contribution in [0.2, 0.25) is 5.02 Å². The summed E-state index contributed by atoms with van der Waals surface area (Å²) in [7, 11) is 3.34. The molecule has 2 aliphatic heterocycles. The molecular weight excluding hydrogens is 400 g/mol. The van der Waals surface area contributed by atoms with Gasteiger partial charge in [-0.2, -0.15) is 5.10 Å². The van der Waals surface area contributed by atoms with E-state index in [9.17, 15) is 0 Å². The third-order valence-corrected chi connectivity index (χ3v) is 5.94. The summed E-state index contributed by atoms with van der Waals surface area (Å²) in [6, 6.07) is 21.7. The Balaban J connectivity index is 1.59. The molecule has 2 aliphatic rings. The minimum absolute atomic E-state index is 0.0298. The molecule has 0 aromatic heterocycles. The number of hydrogen-bond acceptors (Lipinski definition) is 5. The van der Waals surface area contributed by atoms with E-state index in [4.69, 9.17) is 30.9 Å². The van der Waals surface area contributed by atoms with Gasteiger partial charge in [-0.25, -0.2) is 5.01 Å². The molecule has 0 unspecified atom stereocenters. The highest BCUT2D eigenvalue weighted by Crippen LogP contribution is 2.49. The van der Waals surface area contributed by atoms with Crippen molar-refractivity contribution in [1.29, 1.82) is 0 Å². The summed E-state index contributed by atoms with van der Waals surface area (Å²) >= 11 is 6.52. The smallest absolute Gasteiger partial charge is 0.215 e. The zero-order valence-corrected chi connectivity index (χ0v) is 17.5. The fraction of sp³-hybridized carbons (Fsp3) is 0.208. The maximum Gasteiger partial charge on any atom is 0.215 e. The van der Waals surface area contributed by atoms with E-state index in [1.54, 1.807) is 14.2 Å². The first-order valence-electron chi connectivity index (χ1n) is 9.77. The van der Waals surface area contributed by atoms with Gasteiger partial charge in [0, 0.05) is 22.6 Å². The standard InChI is InChI=1S/C24H21ClN2O3/c1-28-16-9-7-15(8-10-16)21-14-22-19-13-17(29-2)11-12-23(19)30-24(27(22)26-21)18-5-3-4-6-20(18)25/h3-13,22,24H,14H2,1-2H3/t22-,24+/m0/s1. The normalized spacial score (nSPS) is 19.4. The Kier molecular flexibility index (Phi) is 4.75. The van der Waals surface area contributed by atoms with Crippen molar-refractivity contribution in [2.24, 2.45) is 5.10 Å². The van der Waals surface area contributed by atoms with E-state index < -0.39 is 6.23 Å². The molecule has 30 heavy (non-hydrogen) atoms. The van der Waals surface area contributed by atoms with Gasteiger partial charge in [-0.05, 0) is 54.1 Å². The molecule has 0 bridgehead atoms. The van der Waals surface area contributed by atoms with Gasteiger partial charge in [0.05, 0.1) is 26.0 Å². The van der Waals surface area contributed by atoms with Crippen molar-refractivity contribution in [2.75, 3.05) is 14.2 Å². The van der Waals surface area contributed by atoms with Crippen LogP contribution in [0.5, 0.6) is 17.2 Å². The molecule has 0 fully saturated rings. The topological polar surface area (TPSA) is 43.3 Å². The Morgan fingerprint density at radius 1 is 0.933 bits per heavy atom. The number of nitrogens with zero attached hydrogens (tertiary/aromatic N) is 2. The van der Waals surface area contributed by atoms with E-state index in [-0.39, 0.29) is 6.04 Å². The van der Waals surface area contributed by atoms with Crippen LogP contribution in [0, 0.1) is 0 Å². The molecule has 152 valence electrons. The van der Waals surface area contributed by atoms with E-state index in [1.807, 2.05) is 71.7 Å². The number of hydrogen-bond donors (Lipinski definition) is 0. The van der Waals surface area contributed by atoms with Crippen LogP contribution in [-0.2, 0) is 0 Å². The molecule has 2 atom stereocenters. The first kappa shape index (κ1) is 18.8. The molecular formula is C24H21ClN2O3. The van der Waals surface area contributed by atoms with E-state index in [0.29, 0.717) is 5.02 Å². The highest BCUT2D eigenvalue weighted by atomic mass is 35.5. The third-order valence-electron chi connectivity index (χ3n) is 5.59. The zero-order chi connectivity index (χ0) is 20.7. The quantitative estimate of drug-likeness (QED) is 0.551. The summed E-state index contributed by atoms with van der Waals surface area (Å²) in [5.41, 5.74) is 4.02. The fourth-order valence-corrected chi connectivity index (χ4v) is 4.26. The van der Waals surface area contributed by atoms with Gasteiger partial charge < -0.3 is 14.2 Å². The second-order valence-corrected chi connectivity index (χ2v) is 7.68. The lowest BCUT2D eigenvalue weighted by Gasteiger charge is -2.38. The van der Waals surface area contributed by atoms with Gasteiger partial charge in [0.15, 0.2) is 0 Å². The minimum atomic E-state index is -0.402. The number of methoxy groups -OCH3 is 2. The maximum atomic E-state index is 6.52. The molecule has 0 aliphatic carbocycles. The van der Waals surface area contributed by atoms with Crippen molar-refractivity contribution in [3.8, 4) is 17.2 Å². The molecule has 2 heterocycles. The Labute approximate surface area is 180 Å². The lowest BCUT2D eigenvalue weighted by molar-refractivity contribution is -0.0190. The highest BCUT2D eigenvalue weighted by Gasteiger charge is 2.41. The predicted octanol–water partition coefficient (Wildman–Crippen LogP) is 5.60. The van der Waals surface area contributed by atoms with Crippen LogP contribution in [0.3, 0.4) is 0 Å². The van der Waals surface area contributed by atoms with Crippen LogP contribution in [0.1, 0.15) is 35.4 Å². The average molecular weight is 421 g/mol. The summed E-state index contributed by atoms with van der Waals surface area (Å²) in [6.07, 6.45) is 0.358. The SMILES string of the molecule is COc1ccc(C2=NN3[C@@H](c4ccccc4Cl)Oc4ccc(OC)cc4[C@@H]3C2)cc1. The lowest BCUT2D eigenvalue weighted by atomic mass is 9.95. The summed E-state index contributed by atoms with van der Waals surface area (Å²) in [5.74, 6) is 2.45. The molecule has 0 spiro atoms. The minimum Gasteiger partial charge on any atom is -0.497 e. The fourth-order valence-electron chi connectivity index (χ4n) is 4.03. The maximum absolute atomic E-state index is 6.52. The van der Waals surface area contributed by atoms with E-state index in [2.05, 4.69) is 0 Å². The second-order valence-electron chi connectivity index (χ2n) is 7.27. The van der Waals surface area contributed by atoms with Crippen LogP contribution in [-0.4, -0.2) is 24.9 Å². The van der Waals surface area contributed by atoms with Crippen molar-refractivity contribution >= 4 is 17.3 Å². The monoisotopic (exact) mass is 420 g/mol. The Hall–Kier alpha value is -3.18. The number of ether oxygens (including phenoxy) is 3. The molecule has 3 aromatic rings. The van der Waals surface area contributed by atoms with Gasteiger partial charge >= 0.3 is 0 Å². The number of benzene rings is 3. The van der Waals surface area contributed by atoms with Gasteiger partial charge in [0.1, 0.15) is 17.2 Å². The van der Waals surface area contributed by atoms with Gasteiger partial charge in [0.2, 0.25) is 6.23 Å². The molecule has 0 saturated heterocycles. The van der Waals surface area contributed by atoms with Crippen molar-refractivity contribution in [1.82, 2.24) is 5.01 Å². The summed E-state index contributed by atoms with van der Waals surface area (Å²) in [5, 5.41) is 7.65. The molecule has 5 nitrogen and oxygen atoms in total. The molecule has 0 saturated carbocycles. The van der Waals surface area contributed by atoms with Crippen molar-refractivity contribution in [2.45, 2.75) is 18.7 Å². The first-order chi connectivity index (χ1) is 14.7. The van der Waals surface area contributed by atoms with Gasteiger partial charge in [-0.3, -0.25) is 0 Å². The zero-order valence-electron chi connectivity index (χ0n) is 16.7. The molecule has 0 radical (unpaired) electrons. The first-order valence-corrected chi connectivity index (χ1v) is 10.1. The van der Waals surface area contributed by atoms with Crippen LogP contribution >= 0.6 is 11.6 Å². The number of halogens is 1. The average Bonchev–Trinajstić information content (AvgIpc) is 3.24. The van der Waals surface area contributed by atoms with Gasteiger partial charge in [0.25, 0.3) is 0 Å². The largest absolute Gasteiger partial charge is 0.497 e. The van der Waals surface area contributed by atoms with Crippen molar-refractivity contribution in [3.63, 3.8) is 0 Å². The summed E-state index contributed by atoms with van der Waals surface area (Å²) < 4.78 is 17.1. The second kappa shape index (κ2) is 7.58. The van der Waals surface area contributed by atoms with E-state index >= 15 is 0 Å². The molecule has 0 N–H and O–H groups in total. The third kappa shape index (κ3) is 3.15. The molecule has 6 heteroatoms. The number of fused-ring (bicyclic) bond motifs is 3. The predicted molar refractivity (Wildman–Crippen MR) is 117 cm³/mol. The molecule has 0 amide bonds. The van der Waals surface area contributed by atoms with Crippen LogP contribution in [0.25, 0.3) is 0 Å². The Morgan fingerprint density at radius 3 is 2.40 bits per heavy atom. The van der Waals surface area contributed by atoms with Crippen molar-refractivity contribution in [3.05, 3.63) is 88.4 Å². The van der Waals surface area contributed by atoms with Gasteiger partial charge in [-0.15, -0.1) is 0 Å².